The number of carbonyl (C=O) groups excluding carboxylic acids is 3. The minimum Gasteiger partial charge on any atom is -0.503 e. The summed E-state index contributed by atoms with van der Waals surface area (Å²) in [5, 5.41) is 12.1. The van der Waals surface area contributed by atoms with Crippen LogP contribution in [0.1, 0.15) is 47.3 Å². The Kier molecular flexibility index (Phi) is 6.08. The maximum Gasteiger partial charge on any atom is 0.350 e. The van der Waals surface area contributed by atoms with Gasteiger partial charge in [-0.3, -0.25) is 14.5 Å². The fourth-order valence-electron chi connectivity index (χ4n) is 3.66. The molecule has 1 aromatic carbocycles. The molecule has 11 heteroatoms. The molecule has 0 saturated carbocycles. The van der Waals surface area contributed by atoms with E-state index in [1.54, 1.807) is 45.0 Å². The molecule has 1 atom stereocenters. The van der Waals surface area contributed by atoms with E-state index in [-0.39, 0.29) is 15.6 Å². The van der Waals surface area contributed by atoms with Gasteiger partial charge >= 0.3 is 5.97 Å². The van der Waals surface area contributed by atoms with Crippen LogP contribution >= 0.6 is 34.3 Å². The quantitative estimate of drug-likeness (QED) is 0.395. The summed E-state index contributed by atoms with van der Waals surface area (Å²) in [5.74, 6) is -2.57. The van der Waals surface area contributed by atoms with Gasteiger partial charge in [0.05, 0.1) is 40.0 Å². The number of aliphatic hydroxyl groups is 1. The van der Waals surface area contributed by atoms with Gasteiger partial charge in [0.25, 0.3) is 5.91 Å². The molecule has 33 heavy (non-hydrogen) atoms. The number of thiazole rings is 2. The van der Waals surface area contributed by atoms with Gasteiger partial charge in [-0.1, -0.05) is 35.1 Å². The first kappa shape index (κ1) is 23.1. The summed E-state index contributed by atoms with van der Waals surface area (Å²) in [6.45, 7) is 5.09. The van der Waals surface area contributed by atoms with Gasteiger partial charge in [0, 0.05) is 5.02 Å². The molecule has 1 aliphatic heterocycles. The Bertz CT molecular complexity index is 1340. The molecule has 1 unspecified atom stereocenters. The zero-order valence-electron chi connectivity index (χ0n) is 18.0. The van der Waals surface area contributed by atoms with Crippen LogP contribution in [-0.4, -0.2) is 39.8 Å². The van der Waals surface area contributed by atoms with E-state index in [4.69, 9.17) is 16.3 Å². The fraction of sp³-hybridized carbons (Fsp3) is 0.227. The van der Waals surface area contributed by atoms with Crippen LogP contribution in [-0.2, 0) is 9.53 Å². The summed E-state index contributed by atoms with van der Waals surface area (Å²) in [7, 11) is 1.25. The topological polar surface area (TPSA) is 110 Å². The summed E-state index contributed by atoms with van der Waals surface area (Å²) in [5.41, 5.74) is 1.29. The van der Waals surface area contributed by atoms with Crippen molar-refractivity contribution in [3.05, 3.63) is 72.3 Å². The van der Waals surface area contributed by atoms with Gasteiger partial charge in [-0.05, 0) is 38.5 Å². The van der Waals surface area contributed by atoms with Crippen molar-refractivity contribution in [3.8, 4) is 0 Å². The third-order valence-electron chi connectivity index (χ3n) is 5.09. The number of carbonyl (C=O) groups is 3. The molecule has 1 amide bonds. The number of aliphatic hydroxyl groups excluding tert-OH is 1. The number of esters is 1. The van der Waals surface area contributed by atoms with Gasteiger partial charge in [0.15, 0.2) is 10.9 Å². The molecule has 3 heterocycles. The van der Waals surface area contributed by atoms with Crippen molar-refractivity contribution in [2.24, 2.45) is 0 Å². The first-order valence-electron chi connectivity index (χ1n) is 9.70. The molecule has 0 bridgehead atoms. The van der Waals surface area contributed by atoms with Crippen LogP contribution in [0.5, 0.6) is 0 Å². The van der Waals surface area contributed by atoms with Crippen LogP contribution in [0.15, 0.2) is 35.6 Å². The second-order valence-corrected chi connectivity index (χ2v) is 9.89. The molecule has 170 valence electrons. The second-order valence-electron chi connectivity index (χ2n) is 7.27. The number of hydrogen-bond acceptors (Lipinski definition) is 9. The highest BCUT2D eigenvalue weighted by atomic mass is 35.5. The number of benzene rings is 1. The third kappa shape index (κ3) is 3.94. The molecule has 1 N–H and O–H groups in total. The van der Waals surface area contributed by atoms with Crippen molar-refractivity contribution >= 4 is 57.1 Å². The lowest BCUT2D eigenvalue weighted by Gasteiger charge is -2.24. The van der Waals surface area contributed by atoms with E-state index in [2.05, 4.69) is 9.97 Å². The minimum absolute atomic E-state index is 0.0958. The Balaban J connectivity index is 1.90. The zero-order chi connectivity index (χ0) is 24.0. The van der Waals surface area contributed by atoms with Gasteiger partial charge in [-0.2, -0.15) is 0 Å². The van der Waals surface area contributed by atoms with E-state index in [1.807, 2.05) is 0 Å². The number of amides is 1. The lowest BCUT2D eigenvalue weighted by Crippen LogP contribution is -2.31. The van der Waals surface area contributed by atoms with E-state index in [0.29, 0.717) is 31.9 Å². The number of Topliss-reactive ketones (excluding diaryl/α,β-unsaturated/α-hetero) is 1. The number of ether oxygens (including phenoxy) is 1. The first-order chi connectivity index (χ1) is 15.6. The number of aryl methyl sites for hydroxylation is 3. The lowest BCUT2D eigenvalue weighted by atomic mass is 9.95. The predicted octanol–water partition coefficient (Wildman–Crippen LogP) is 4.75. The van der Waals surface area contributed by atoms with Crippen molar-refractivity contribution in [3.63, 3.8) is 0 Å². The molecule has 2 aromatic heterocycles. The molecular formula is C22H18ClN3O5S2. The highest BCUT2D eigenvalue weighted by Crippen LogP contribution is 2.44. The number of anilines is 1. The number of nitrogens with zero attached hydrogens (tertiary/aromatic N) is 3. The van der Waals surface area contributed by atoms with Crippen molar-refractivity contribution in [2.75, 3.05) is 12.0 Å². The Labute approximate surface area is 202 Å². The first-order valence-corrected chi connectivity index (χ1v) is 11.7. The monoisotopic (exact) mass is 503 g/mol. The number of rotatable bonds is 5. The van der Waals surface area contributed by atoms with Gasteiger partial charge in [0.2, 0.25) is 5.78 Å². The molecule has 1 aliphatic rings. The Morgan fingerprint density at radius 3 is 2.42 bits per heavy atom. The number of halogens is 1. The number of hydrogen-bond donors (Lipinski definition) is 1. The molecule has 0 radical (unpaired) electrons. The average Bonchev–Trinajstić information content (AvgIpc) is 3.40. The van der Waals surface area contributed by atoms with E-state index in [0.717, 1.165) is 11.3 Å². The zero-order valence-corrected chi connectivity index (χ0v) is 20.4. The SMILES string of the molecule is COC(=O)c1sc(N2C(=O)C(O)=C(C(=O)c3sc(C)nc3C)C2c2cccc(Cl)c2)nc1C. The van der Waals surface area contributed by atoms with Crippen LogP contribution in [0.25, 0.3) is 0 Å². The van der Waals surface area contributed by atoms with E-state index in [9.17, 15) is 19.5 Å². The van der Waals surface area contributed by atoms with Crippen LogP contribution in [0.3, 0.4) is 0 Å². The maximum absolute atomic E-state index is 13.6. The van der Waals surface area contributed by atoms with Crippen LogP contribution in [0.2, 0.25) is 5.02 Å². The third-order valence-corrected chi connectivity index (χ3v) is 7.53. The van der Waals surface area contributed by atoms with Crippen molar-refractivity contribution < 1.29 is 24.2 Å². The summed E-state index contributed by atoms with van der Waals surface area (Å²) in [6, 6.07) is 5.67. The number of ketones is 1. The summed E-state index contributed by atoms with van der Waals surface area (Å²) in [6.07, 6.45) is 0. The fourth-order valence-corrected chi connectivity index (χ4v) is 5.74. The summed E-state index contributed by atoms with van der Waals surface area (Å²) in [4.78, 5) is 49.3. The van der Waals surface area contributed by atoms with E-state index in [1.165, 1.54) is 23.3 Å². The smallest absolute Gasteiger partial charge is 0.350 e. The molecule has 0 fully saturated rings. The predicted molar refractivity (Wildman–Crippen MR) is 125 cm³/mol. The van der Waals surface area contributed by atoms with Crippen molar-refractivity contribution in [1.29, 1.82) is 0 Å². The van der Waals surface area contributed by atoms with E-state index < -0.39 is 29.5 Å². The molecular weight excluding hydrogens is 486 g/mol. The lowest BCUT2D eigenvalue weighted by molar-refractivity contribution is -0.117. The van der Waals surface area contributed by atoms with E-state index >= 15 is 0 Å². The Morgan fingerprint density at radius 1 is 1.12 bits per heavy atom. The molecule has 8 nitrogen and oxygen atoms in total. The van der Waals surface area contributed by atoms with Crippen molar-refractivity contribution in [2.45, 2.75) is 26.8 Å². The average molecular weight is 504 g/mol. The van der Waals surface area contributed by atoms with Gasteiger partial charge in [-0.15, -0.1) is 11.3 Å². The highest BCUT2D eigenvalue weighted by Gasteiger charge is 2.46. The summed E-state index contributed by atoms with van der Waals surface area (Å²) >= 11 is 8.33. The normalized spacial score (nSPS) is 16.0. The summed E-state index contributed by atoms with van der Waals surface area (Å²) < 4.78 is 4.79. The van der Waals surface area contributed by atoms with Gasteiger partial charge in [-0.25, -0.2) is 14.8 Å². The van der Waals surface area contributed by atoms with Crippen LogP contribution in [0.4, 0.5) is 5.13 Å². The maximum atomic E-state index is 13.6. The second kappa shape index (κ2) is 8.69. The molecule has 4 rings (SSSR count). The minimum atomic E-state index is -0.999. The van der Waals surface area contributed by atoms with Crippen LogP contribution < -0.4 is 4.90 Å². The molecule has 0 saturated heterocycles. The Morgan fingerprint density at radius 2 is 1.82 bits per heavy atom. The number of aromatic nitrogens is 2. The standard InChI is InChI=1S/C22H18ClN3O5S2/c1-9-18(32-11(3)24-9)16(27)14-15(12-6-5-7-13(23)8-12)26(20(29)17(14)28)22-25-10(2)19(33-22)21(30)31-4/h5-8,15,28H,1-4H3. The van der Waals surface area contributed by atoms with Gasteiger partial charge in [0.1, 0.15) is 4.88 Å². The molecule has 0 spiro atoms. The number of methoxy groups -OCH3 is 1. The highest BCUT2D eigenvalue weighted by molar-refractivity contribution is 7.17. The molecule has 0 aliphatic carbocycles. The largest absolute Gasteiger partial charge is 0.503 e. The molecule has 3 aromatic rings. The van der Waals surface area contributed by atoms with Crippen molar-refractivity contribution in [1.82, 2.24) is 9.97 Å². The van der Waals surface area contributed by atoms with Crippen LogP contribution in [0, 0.1) is 20.8 Å². The van der Waals surface area contributed by atoms with Gasteiger partial charge < -0.3 is 9.84 Å². The Hall–Kier alpha value is -3.08.